The molecule has 0 saturated heterocycles. The van der Waals surface area contributed by atoms with Gasteiger partial charge in [-0.05, 0) is 37.6 Å². The van der Waals surface area contributed by atoms with Crippen LogP contribution in [0.2, 0.25) is 0 Å². The molecule has 19 heavy (non-hydrogen) atoms. The molecule has 110 valence electrons. The van der Waals surface area contributed by atoms with Gasteiger partial charge in [0, 0.05) is 25.8 Å². The van der Waals surface area contributed by atoms with Crippen LogP contribution >= 0.6 is 0 Å². The maximum atomic E-state index is 4.25. The van der Waals surface area contributed by atoms with Crippen molar-refractivity contribution in [2.75, 3.05) is 34.2 Å². The van der Waals surface area contributed by atoms with Crippen LogP contribution in [0.5, 0.6) is 0 Å². The minimum Gasteiger partial charge on any atom is -0.373 e. The lowest BCUT2D eigenvalue weighted by atomic mass is 9.96. The summed E-state index contributed by atoms with van der Waals surface area (Å²) in [6.45, 7) is 19.2. The zero-order valence-electron chi connectivity index (χ0n) is 14.0. The standard InChI is InChI=1S/C17H32N2/c1-13(2)15(5)12-17(16(6)14(3)4)19(9)11-10-18(7)8/h12-14H,5-6,10-11H2,1-4,7-9H3/b17-12+. The highest BCUT2D eigenvalue weighted by Crippen LogP contribution is 2.23. The molecule has 0 aromatic rings. The maximum absolute atomic E-state index is 4.25. The summed E-state index contributed by atoms with van der Waals surface area (Å²) in [6.07, 6.45) is 2.20. The second-order valence-electron chi connectivity index (χ2n) is 6.16. The van der Waals surface area contributed by atoms with Crippen LogP contribution in [-0.2, 0) is 0 Å². The van der Waals surface area contributed by atoms with Gasteiger partial charge in [-0.15, -0.1) is 0 Å². The molecular formula is C17H32N2. The summed E-state index contributed by atoms with van der Waals surface area (Å²) in [5.74, 6) is 0.922. The van der Waals surface area contributed by atoms with E-state index in [1.165, 1.54) is 11.3 Å². The fourth-order valence-electron chi connectivity index (χ4n) is 1.56. The van der Waals surface area contributed by atoms with Gasteiger partial charge < -0.3 is 9.80 Å². The topological polar surface area (TPSA) is 6.48 Å². The number of likely N-dealkylation sites (N-methyl/N-ethyl adjacent to an activating group) is 2. The predicted octanol–water partition coefficient (Wildman–Crippen LogP) is 3.79. The van der Waals surface area contributed by atoms with Gasteiger partial charge in [0.15, 0.2) is 0 Å². The first-order valence-corrected chi connectivity index (χ1v) is 7.12. The Morgan fingerprint density at radius 2 is 1.47 bits per heavy atom. The number of rotatable bonds is 8. The molecule has 0 bridgehead atoms. The van der Waals surface area contributed by atoms with Crippen LogP contribution in [0, 0.1) is 11.8 Å². The summed E-state index contributed by atoms with van der Waals surface area (Å²) in [5.41, 5.74) is 3.56. The highest BCUT2D eigenvalue weighted by Gasteiger charge is 2.13. The molecule has 0 rings (SSSR count). The van der Waals surface area contributed by atoms with Gasteiger partial charge in [-0.25, -0.2) is 0 Å². The Kier molecular flexibility index (Phi) is 7.77. The molecule has 0 unspecified atom stereocenters. The Bertz CT molecular complexity index is 335. The van der Waals surface area contributed by atoms with Crippen LogP contribution in [0.1, 0.15) is 27.7 Å². The van der Waals surface area contributed by atoms with Gasteiger partial charge in [0.05, 0.1) is 0 Å². The van der Waals surface area contributed by atoms with Gasteiger partial charge in [0.1, 0.15) is 0 Å². The molecule has 0 saturated carbocycles. The van der Waals surface area contributed by atoms with E-state index in [-0.39, 0.29) is 0 Å². The van der Waals surface area contributed by atoms with Gasteiger partial charge in [-0.1, -0.05) is 46.4 Å². The molecule has 2 nitrogen and oxygen atoms in total. The monoisotopic (exact) mass is 264 g/mol. The Morgan fingerprint density at radius 3 is 1.84 bits per heavy atom. The first kappa shape index (κ1) is 18.0. The summed E-state index contributed by atoms with van der Waals surface area (Å²) in [4.78, 5) is 4.49. The van der Waals surface area contributed by atoms with Crippen molar-refractivity contribution in [3.8, 4) is 0 Å². The number of allylic oxidation sites excluding steroid dienone is 3. The zero-order chi connectivity index (χ0) is 15.2. The lowest BCUT2D eigenvalue weighted by molar-refractivity contribution is 0.326. The van der Waals surface area contributed by atoms with Crippen molar-refractivity contribution in [1.82, 2.24) is 9.80 Å². The second-order valence-corrected chi connectivity index (χ2v) is 6.16. The quantitative estimate of drug-likeness (QED) is 0.615. The fourth-order valence-corrected chi connectivity index (χ4v) is 1.56. The number of nitrogens with zero attached hydrogens (tertiary/aromatic N) is 2. The molecule has 0 radical (unpaired) electrons. The molecule has 0 aromatic carbocycles. The molecule has 0 aliphatic heterocycles. The average molecular weight is 264 g/mol. The van der Waals surface area contributed by atoms with E-state index in [4.69, 9.17) is 0 Å². The fraction of sp³-hybridized carbons (Fsp3) is 0.647. The minimum absolute atomic E-state index is 0.452. The first-order valence-electron chi connectivity index (χ1n) is 7.12. The Labute approximate surface area is 120 Å². The van der Waals surface area contributed by atoms with Crippen molar-refractivity contribution in [3.05, 3.63) is 36.1 Å². The van der Waals surface area contributed by atoms with Crippen molar-refractivity contribution < 1.29 is 0 Å². The molecule has 0 N–H and O–H groups in total. The van der Waals surface area contributed by atoms with Crippen LogP contribution in [0.4, 0.5) is 0 Å². The van der Waals surface area contributed by atoms with Crippen LogP contribution < -0.4 is 0 Å². The number of hydrogen-bond acceptors (Lipinski definition) is 2. The molecule has 0 fully saturated rings. The lowest BCUT2D eigenvalue weighted by Crippen LogP contribution is -2.29. The average Bonchev–Trinajstić information content (AvgIpc) is 2.31. The predicted molar refractivity (Wildman–Crippen MR) is 87.2 cm³/mol. The van der Waals surface area contributed by atoms with Crippen LogP contribution in [0.15, 0.2) is 36.1 Å². The van der Waals surface area contributed by atoms with Gasteiger partial charge >= 0.3 is 0 Å². The molecule has 0 aliphatic rings. The summed E-state index contributed by atoms with van der Waals surface area (Å²) in [6, 6.07) is 0. The molecule has 2 heteroatoms. The van der Waals surface area contributed by atoms with E-state index in [2.05, 4.69) is 77.9 Å². The molecular weight excluding hydrogens is 232 g/mol. The Hall–Kier alpha value is -1.02. The minimum atomic E-state index is 0.452. The van der Waals surface area contributed by atoms with Crippen molar-refractivity contribution >= 4 is 0 Å². The lowest BCUT2D eigenvalue weighted by Gasteiger charge is -2.28. The van der Waals surface area contributed by atoms with Crippen molar-refractivity contribution in [3.63, 3.8) is 0 Å². The van der Waals surface area contributed by atoms with E-state index in [9.17, 15) is 0 Å². The number of hydrogen-bond donors (Lipinski definition) is 0. The molecule has 0 atom stereocenters. The molecule has 0 heterocycles. The molecule has 0 aliphatic carbocycles. The smallest absolute Gasteiger partial charge is 0.0395 e. The van der Waals surface area contributed by atoms with Crippen molar-refractivity contribution in [1.29, 1.82) is 0 Å². The molecule has 0 spiro atoms. The third-order valence-corrected chi connectivity index (χ3v) is 3.38. The SMILES string of the molecule is C=C(/C=C(\C(=C)C(C)C)N(C)CCN(C)C)C(C)C. The van der Waals surface area contributed by atoms with E-state index in [0.29, 0.717) is 11.8 Å². The zero-order valence-corrected chi connectivity index (χ0v) is 14.0. The maximum Gasteiger partial charge on any atom is 0.0395 e. The summed E-state index contributed by atoms with van der Waals surface area (Å²) in [7, 11) is 6.33. The van der Waals surface area contributed by atoms with Gasteiger partial charge in [0.2, 0.25) is 0 Å². The third kappa shape index (κ3) is 6.63. The van der Waals surface area contributed by atoms with Crippen LogP contribution in [0.3, 0.4) is 0 Å². The summed E-state index contributed by atoms with van der Waals surface area (Å²) in [5, 5.41) is 0. The van der Waals surface area contributed by atoms with Crippen LogP contribution in [0.25, 0.3) is 0 Å². The Balaban J connectivity index is 5.06. The van der Waals surface area contributed by atoms with Gasteiger partial charge in [0.25, 0.3) is 0 Å². The highest BCUT2D eigenvalue weighted by molar-refractivity contribution is 5.35. The van der Waals surface area contributed by atoms with Crippen LogP contribution in [-0.4, -0.2) is 44.0 Å². The molecule has 0 amide bonds. The van der Waals surface area contributed by atoms with E-state index in [1.807, 2.05) is 0 Å². The van der Waals surface area contributed by atoms with E-state index in [0.717, 1.165) is 18.7 Å². The summed E-state index contributed by atoms with van der Waals surface area (Å²) >= 11 is 0. The van der Waals surface area contributed by atoms with E-state index >= 15 is 0 Å². The van der Waals surface area contributed by atoms with Gasteiger partial charge in [-0.2, -0.15) is 0 Å². The first-order chi connectivity index (χ1) is 8.66. The summed E-state index contributed by atoms with van der Waals surface area (Å²) < 4.78 is 0. The van der Waals surface area contributed by atoms with Gasteiger partial charge in [-0.3, -0.25) is 0 Å². The highest BCUT2D eigenvalue weighted by atomic mass is 15.2. The van der Waals surface area contributed by atoms with Crippen molar-refractivity contribution in [2.24, 2.45) is 11.8 Å². The van der Waals surface area contributed by atoms with Crippen molar-refractivity contribution in [2.45, 2.75) is 27.7 Å². The third-order valence-electron chi connectivity index (χ3n) is 3.38. The largest absolute Gasteiger partial charge is 0.373 e. The molecule has 0 aromatic heterocycles. The Morgan fingerprint density at radius 1 is 0.947 bits per heavy atom. The normalized spacial score (nSPS) is 12.4. The van der Waals surface area contributed by atoms with E-state index in [1.54, 1.807) is 0 Å². The van der Waals surface area contributed by atoms with E-state index < -0.39 is 0 Å². The second kappa shape index (κ2) is 8.21.